The van der Waals surface area contributed by atoms with Crippen molar-refractivity contribution in [2.75, 3.05) is 25.6 Å². The van der Waals surface area contributed by atoms with Crippen molar-refractivity contribution in [1.82, 2.24) is 10.2 Å². The number of hydrogen-bond donors (Lipinski definition) is 2. The molecule has 1 aliphatic rings. The maximum Gasteiger partial charge on any atom is 0.317 e. The highest BCUT2D eigenvalue weighted by Gasteiger charge is 2.26. The molecule has 2 N–H and O–H groups in total. The van der Waals surface area contributed by atoms with E-state index in [1.54, 1.807) is 16.7 Å². The molecular weight excluding hydrogens is 276 g/mol. The average Bonchev–Trinajstić information content (AvgIpc) is 2.44. The molecule has 0 saturated heterocycles. The molecule has 0 aromatic carbocycles. The molecule has 2 amide bonds. The van der Waals surface area contributed by atoms with Crippen molar-refractivity contribution in [3.8, 4) is 0 Å². The van der Waals surface area contributed by atoms with Crippen LogP contribution in [0.3, 0.4) is 0 Å². The van der Waals surface area contributed by atoms with Gasteiger partial charge in [0.2, 0.25) is 0 Å². The molecule has 0 bridgehead atoms. The molecule has 5 nitrogen and oxygen atoms in total. The minimum atomic E-state index is -0.682. The summed E-state index contributed by atoms with van der Waals surface area (Å²) in [5.41, 5.74) is 0. The number of carbonyl (C=O) groups excluding carboxylic acids is 1. The quantitative estimate of drug-likeness (QED) is 0.789. The first-order chi connectivity index (χ1) is 9.45. The fraction of sp³-hybridized carbons (Fsp3) is 0.857. The number of aliphatic carboxylic acids is 1. The molecule has 20 heavy (non-hydrogen) atoms. The third kappa shape index (κ3) is 5.23. The summed E-state index contributed by atoms with van der Waals surface area (Å²) in [6, 6.07) is 0.180. The largest absolute Gasteiger partial charge is 0.481 e. The molecule has 0 aliphatic heterocycles. The lowest BCUT2D eigenvalue weighted by Crippen LogP contribution is -2.45. The van der Waals surface area contributed by atoms with Crippen LogP contribution in [0.25, 0.3) is 0 Å². The highest BCUT2D eigenvalue weighted by molar-refractivity contribution is 7.98. The van der Waals surface area contributed by atoms with E-state index in [0.29, 0.717) is 12.5 Å². The standard InChI is InChI=1S/C14H26N2O3S/c1-10(9-20-3)16(2)14(19)15-8-11-4-6-12(7-5-11)13(17)18/h10-12H,4-9H2,1-3H3,(H,15,19)(H,17,18). The van der Waals surface area contributed by atoms with Crippen LogP contribution in [0.5, 0.6) is 0 Å². The van der Waals surface area contributed by atoms with Gasteiger partial charge in [-0.15, -0.1) is 0 Å². The summed E-state index contributed by atoms with van der Waals surface area (Å²) in [5.74, 6) is 0.469. The SMILES string of the molecule is CSCC(C)N(C)C(=O)NCC1CCC(C(=O)O)CC1. The molecule has 0 spiro atoms. The highest BCUT2D eigenvalue weighted by atomic mass is 32.2. The summed E-state index contributed by atoms with van der Waals surface area (Å²) < 4.78 is 0. The van der Waals surface area contributed by atoms with E-state index < -0.39 is 5.97 Å². The molecule has 0 heterocycles. The van der Waals surface area contributed by atoms with E-state index in [4.69, 9.17) is 5.11 Å². The second-order valence-corrected chi connectivity index (χ2v) is 6.57. The van der Waals surface area contributed by atoms with E-state index in [9.17, 15) is 9.59 Å². The van der Waals surface area contributed by atoms with Gasteiger partial charge in [-0.1, -0.05) is 0 Å². The fourth-order valence-electron chi connectivity index (χ4n) is 2.52. The summed E-state index contributed by atoms with van der Waals surface area (Å²) in [6.45, 7) is 2.69. The first kappa shape index (κ1) is 17.1. The van der Waals surface area contributed by atoms with Crippen molar-refractivity contribution in [2.45, 2.75) is 38.6 Å². The highest BCUT2D eigenvalue weighted by Crippen LogP contribution is 2.28. The van der Waals surface area contributed by atoms with Crippen LogP contribution in [0, 0.1) is 11.8 Å². The van der Waals surface area contributed by atoms with Gasteiger partial charge in [-0.05, 0) is 44.8 Å². The van der Waals surface area contributed by atoms with E-state index in [0.717, 1.165) is 31.4 Å². The van der Waals surface area contributed by atoms with Gasteiger partial charge in [0.1, 0.15) is 0 Å². The van der Waals surface area contributed by atoms with Gasteiger partial charge < -0.3 is 15.3 Å². The molecule has 0 aromatic rings. The first-order valence-electron chi connectivity index (χ1n) is 7.18. The van der Waals surface area contributed by atoms with E-state index in [2.05, 4.69) is 5.32 Å². The number of carbonyl (C=O) groups is 2. The number of amides is 2. The number of thioether (sulfide) groups is 1. The maximum absolute atomic E-state index is 12.0. The summed E-state index contributed by atoms with van der Waals surface area (Å²) in [4.78, 5) is 24.6. The molecule has 1 fully saturated rings. The van der Waals surface area contributed by atoms with Gasteiger partial charge in [0.05, 0.1) is 5.92 Å². The number of hydrogen-bond acceptors (Lipinski definition) is 3. The molecule has 6 heteroatoms. The monoisotopic (exact) mass is 302 g/mol. The Bertz CT molecular complexity index is 330. The Kier molecular flexibility index (Phi) is 7.19. The minimum Gasteiger partial charge on any atom is -0.481 e. The zero-order valence-corrected chi connectivity index (χ0v) is 13.4. The van der Waals surface area contributed by atoms with E-state index >= 15 is 0 Å². The number of nitrogens with zero attached hydrogens (tertiary/aromatic N) is 1. The van der Waals surface area contributed by atoms with E-state index in [-0.39, 0.29) is 18.0 Å². The van der Waals surface area contributed by atoms with Crippen LogP contribution < -0.4 is 5.32 Å². The van der Waals surface area contributed by atoms with Crippen molar-refractivity contribution in [2.24, 2.45) is 11.8 Å². The Morgan fingerprint density at radius 1 is 1.35 bits per heavy atom. The molecule has 1 atom stereocenters. The normalized spacial score (nSPS) is 23.9. The molecule has 0 aromatic heterocycles. The zero-order chi connectivity index (χ0) is 15.1. The summed E-state index contributed by atoms with van der Waals surface area (Å²) in [5, 5.41) is 11.9. The minimum absolute atomic E-state index is 0.0353. The average molecular weight is 302 g/mol. The molecule has 1 unspecified atom stereocenters. The van der Waals surface area contributed by atoms with Gasteiger partial charge in [-0.2, -0.15) is 11.8 Å². The lowest BCUT2D eigenvalue weighted by atomic mass is 9.82. The number of nitrogens with one attached hydrogen (secondary N) is 1. The van der Waals surface area contributed by atoms with Crippen LogP contribution >= 0.6 is 11.8 Å². The van der Waals surface area contributed by atoms with E-state index in [1.165, 1.54) is 0 Å². The Balaban J connectivity index is 2.27. The predicted molar refractivity (Wildman–Crippen MR) is 82.1 cm³/mol. The van der Waals surface area contributed by atoms with Gasteiger partial charge in [-0.25, -0.2) is 4.79 Å². The van der Waals surface area contributed by atoms with Gasteiger partial charge in [0.25, 0.3) is 0 Å². The van der Waals surface area contributed by atoms with Crippen LogP contribution in [0.2, 0.25) is 0 Å². The van der Waals surface area contributed by atoms with Crippen molar-refractivity contribution in [3.63, 3.8) is 0 Å². The molecule has 0 radical (unpaired) electrons. The fourth-order valence-corrected chi connectivity index (χ4v) is 3.23. The summed E-state index contributed by atoms with van der Waals surface area (Å²) >= 11 is 1.73. The number of urea groups is 1. The van der Waals surface area contributed by atoms with Crippen molar-refractivity contribution in [1.29, 1.82) is 0 Å². The van der Waals surface area contributed by atoms with Gasteiger partial charge >= 0.3 is 12.0 Å². The second-order valence-electron chi connectivity index (χ2n) is 5.66. The van der Waals surface area contributed by atoms with Crippen LogP contribution in [-0.4, -0.2) is 53.6 Å². The number of rotatable bonds is 6. The van der Waals surface area contributed by atoms with Crippen molar-refractivity contribution < 1.29 is 14.7 Å². The van der Waals surface area contributed by atoms with Crippen LogP contribution in [0.15, 0.2) is 0 Å². The third-order valence-corrected chi connectivity index (χ3v) is 4.94. The summed E-state index contributed by atoms with van der Waals surface area (Å²) in [6.07, 6.45) is 5.27. The second kappa shape index (κ2) is 8.39. The third-order valence-electron chi connectivity index (χ3n) is 4.13. The molecule has 1 aliphatic carbocycles. The van der Waals surface area contributed by atoms with Gasteiger partial charge in [0.15, 0.2) is 0 Å². The molecule has 1 rings (SSSR count). The maximum atomic E-state index is 12.0. The predicted octanol–water partition coefficient (Wildman–Crippen LogP) is 2.27. The zero-order valence-electron chi connectivity index (χ0n) is 12.6. The van der Waals surface area contributed by atoms with E-state index in [1.807, 2.05) is 20.2 Å². The number of carboxylic acid groups (broad SMARTS) is 1. The van der Waals surface area contributed by atoms with Gasteiger partial charge in [0, 0.05) is 25.4 Å². The Labute approximate surface area is 125 Å². The summed E-state index contributed by atoms with van der Waals surface area (Å²) in [7, 11) is 1.82. The molecular formula is C14H26N2O3S. The Morgan fingerprint density at radius 3 is 2.45 bits per heavy atom. The lowest BCUT2D eigenvalue weighted by molar-refractivity contribution is -0.143. The van der Waals surface area contributed by atoms with Crippen LogP contribution in [0.1, 0.15) is 32.6 Å². The van der Waals surface area contributed by atoms with Gasteiger partial charge in [-0.3, -0.25) is 4.79 Å². The topological polar surface area (TPSA) is 69.6 Å². The Hall–Kier alpha value is -0.910. The smallest absolute Gasteiger partial charge is 0.317 e. The van der Waals surface area contributed by atoms with Crippen molar-refractivity contribution >= 4 is 23.8 Å². The molecule has 116 valence electrons. The van der Waals surface area contributed by atoms with Crippen LogP contribution in [0.4, 0.5) is 4.79 Å². The lowest BCUT2D eigenvalue weighted by Gasteiger charge is -2.28. The first-order valence-corrected chi connectivity index (χ1v) is 8.57. The van der Waals surface area contributed by atoms with Crippen LogP contribution in [-0.2, 0) is 4.79 Å². The number of carboxylic acids is 1. The van der Waals surface area contributed by atoms with Crippen molar-refractivity contribution in [3.05, 3.63) is 0 Å². The molecule has 1 saturated carbocycles. The Morgan fingerprint density at radius 2 is 1.95 bits per heavy atom.